The SMILES string of the molecule is COc1ccc2ccc(C)c(O)c2c1. The van der Waals surface area contributed by atoms with Gasteiger partial charge in [0.25, 0.3) is 0 Å². The van der Waals surface area contributed by atoms with Crippen LogP contribution in [-0.2, 0) is 0 Å². The maximum Gasteiger partial charge on any atom is 0.126 e. The van der Waals surface area contributed by atoms with Crippen molar-refractivity contribution >= 4 is 10.8 Å². The van der Waals surface area contributed by atoms with Gasteiger partial charge in [0.05, 0.1) is 7.11 Å². The van der Waals surface area contributed by atoms with Crippen molar-refractivity contribution in [1.82, 2.24) is 0 Å². The van der Waals surface area contributed by atoms with Crippen LogP contribution in [0.4, 0.5) is 0 Å². The molecular weight excluding hydrogens is 176 g/mol. The van der Waals surface area contributed by atoms with Gasteiger partial charge in [-0.1, -0.05) is 18.2 Å². The van der Waals surface area contributed by atoms with E-state index in [9.17, 15) is 5.11 Å². The van der Waals surface area contributed by atoms with Crippen LogP contribution in [0.1, 0.15) is 5.56 Å². The Morgan fingerprint density at radius 3 is 2.57 bits per heavy atom. The summed E-state index contributed by atoms with van der Waals surface area (Å²) in [6.45, 7) is 1.88. The molecule has 0 saturated carbocycles. The number of hydrogen-bond acceptors (Lipinski definition) is 2. The van der Waals surface area contributed by atoms with Crippen molar-refractivity contribution in [3.8, 4) is 11.5 Å². The zero-order chi connectivity index (χ0) is 10.1. The smallest absolute Gasteiger partial charge is 0.126 e. The summed E-state index contributed by atoms with van der Waals surface area (Å²) in [6.07, 6.45) is 0. The number of benzene rings is 2. The number of hydrogen-bond donors (Lipinski definition) is 1. The normalized spacial score (nSPS) is 10.4. The summed E-state index contributed by atoms with van der Waals surface area (Å²) in [4.78, 5) is 0. The van der Waals surface area contributed by atoms with E-state index in [1.807, 2.05) is 37.3 Å². The minimum atomic E-state index is 0.335. The van der Waals surface area contributed by atoms with E-state index in [2.05, 4.69) is 0 Å². The molecule has 0 atom stereocenters. The fourth-order valence-corrected chi connectivity index (χ4v) is 1.52. The second-order valence-electron chi connectivity index (χ2n) is 3.32. The molecule has 72 valence electrons. The van der Waals surface area contributed by atoms with Crippen molar-refractivity contribution in [3.05, 3.63) is 35.9 Å². The fourth-order valence-electron chi connectivity index (χ4n) is 1.52. The molecule has 2 heteroatoms. The first-order chi connectivity index (χ1) is 6.72. The van der Waals surface area contributed by atoms with E-state index in [1.54, 1.807) is 7.11 Å². The van der Waals surface area contributed by atoms with Gasteiger partial charge in [-0.2, -0.15) is 0 Å². The minimum absolute atomic E-state index is 0.335. The Bertz CT molecular complexity index is 475. The third-order valence-electron chi connectivity index (χ3n) is 2.40. The lowest BCUT2D eigenvalue weighted by Crippen LogP contribution is -1.83. The molecule has 0 amide bonds. The minimum Gasteiger partial charge on any atom is -0.507 e. The molecule has 0 aromatic heterocycles. The third kappa shape index (κ3) is 1.29. The maximum atomic E-state index is 9.82. The number of aromatic hydroxyl groups is 1. The van der Waals surface area contributed by atoms with Gasteiger partial charge in [0.2, 0.25) is 0 Å². The van der Waals surface area contributed by atoms with E-state index in [0.29, 0.717) is 5.75 Å². The van der Waals surface area contributed by atoms with Gasteiger partial charge in [-0.25, -0.2) is 0 Å². The lowest BCUT2D eigenvalue weighted by atomic mass is 10.1. The Morgan fingerprint density at radius 2 is 1.86 bits per heavy atom. The van der Waals surface area contributed by atoms with E-state index in [4.69, 9.17) is 4.74 Å². The monoisotopic (exact) mass is 188 g/mol. The van der Waals surface area contributed by atoms with E-state index in [0.717, 1.165) is 22.1 Å². The van der Waals surface area contributed by atoms with Crippen molar-refractivity contribution in [2.24, 2.45) is 0 Å². The summed E-state index contributed by atoms with van der Waals surface area (Å²) in [5, 5.41) is 11.7. The van der Waals surface area contributed by atoms with Gasteiger partial charge in [-0.05, 0) is 30.0 Å². The van der Waals surface area contributed by atoms with Gasteiger partial charge < -0.3 is 9.84 Å². The lowest BCUT2D eigenvalue weighted by molar-refractivity contribution is 0.415. The Balaban J connectivity index is 2.78. The second kappa shape index (κ2) is 3.22. The van der Waals surface area contributed by atoms with Crippen LogP contribution in [0.5, 0.6) is 11.5 Å². The summed E-state index contributed by atoms with van der Waals surface area (Å²) < 4.78 is 5.11. The predicted molar refractivity (Wildman–Crippen MR) is 56.9 cm³/mol. The summed E-state index contributed by atoms with van der Waals surface area (Å²) in [5.41, 5.74) is 0.880. The molecule has 0 heterocycles. The van der Waals surface area contributed by atoms with Crippen LogP contribution in [0.2, 0.25) is 0 Å². The van der Waals surface area contributed by atoms with E-state index >= 15 is 0 Å². The van der Waals surface area contributed by atoms with Crippen LogP contribution in [0.25, 0.3) is 10.8 Å². The van der Waals surface area contributed by atoms with Crippen molar-refractivity contribution in [2.45, 2.75) is 6.92 Å². The molecule has 0 spiro atoms. The Labute approximate surface area is 82.8 Å². The van der Waals surface area contributed by atoms with Gasteiger partial charge in [0.15, 0.2) is 0 Å². The standard InChI is InChI=1S/C12H12O2/c1-8-3-4-9-5-6-10(14-2)7-11(9)12(8)13/h3-7,13H,1-2H3. The van der Waals surface area contributed by atoms with E-state index < -0.39 is 0 Å². The van der Waals surface area contributed by atoms with Gasteiger partial charge in [0, 0.05) is 5.39 Å². The lowest BCUT2D eigenvalue weighted by Gasteiger charge is -2.06. The highest BCUT2D eigenvalue weighted by atomic mass is 16.5. The molecule has 0 aliphatic rings. The molecule has 2 aromatic rings. The second-order valence-corrected chi connectivity index (χ2v) is 3.32. The number of aryl methyl sites for hydroxylation is 1. The average molecular weight is 188 g/mol. The molecule has 0 bridgehead atoms. The van der Waals surface area contributed by atoms with Crippen LogP contribution < -0.4 is 4.74 Å². The van der Waals surface area contributed by atoms with E-state index in [-0.39, 0.29) is 0 Å². The summed E-state index contributed by atoms with van der Waals surface area (Å²) in [5.74, 6) is 1.10. The molecule has 0 radical (unpaired) electrons. The Morgan fingerprint density at radius 1 is 1.14 bits per heavy atom. The van der Waals surface area contributed by atoms with Crippen LogP contribution >= 0.6 is 0 Å². The first kappa shape index (κ1) is 8.88. The molecule has 1 N–H and O–H groups in total. The Hall–Kier alpha value is -1.70. The number of methoxy groups -OCH3 is 1. The predicted octanol–water partition coefficient (Wildman–Crippen LogP) is 2.86. The summed E-state index contributed by atoms with van der Waals surface area (Å²) >= 11 is 0. The molecule has 0 saturated heterocycles. The highest BCUT2D eigenvalue weighted by molar-refractivity contribution is 5.90. The number of phenolic OH excluding ortho intramolecular Hbond substituents is 1. The molecule has 0 aliphatic carbocycles. The van der Waals surface area contributed by atoms with Crippen molar-refractivity contribution in [2.75, 3.05) is 7.11 Å². The highest BCUT2D eigenvalue weighted by Crippen LogP contribution is 2.30. The topological polar surface area (TPSA) is 29.5 Å². The van der Waals surface area contributed by atoms with Gasteiger partial charge in [-0.15, -0.1) is 0 Å². The molecule has 0 fully saturated rings. The molecule has 2 rings (SSSR count). The van der Waals surface area contributed by atoms with Crippen LogP contribution in [-0.4, -0.2) is 12.2 Å². The highest BCUT2D eigenvalue weighted by Gasteiger charge is 2.03. The van der Waals surface area contributed by atoms with Gasteiger partial charge >= 0.3 is 0 Å². The molecule has 0 aliphatic heterocycles. The summed E-state index contributed by atoms with van der Waals surface area (Å²) in [6, 6.07) is 9.57. The maximum absolute atomic E-state index is 9.82. The zero-order valence-corrected chi connectivity index (χ0v) is 8.24. The van der Waals surface area contributed by atoms with Crippen LogP contribution in [0, 0.1) is 6.92 Å². The van der Waals surface area contributed by atoms with E-state index in [1.165, 1.54) is 0 Å². The Kier molecular flexibility index (Phi) is 2.04. The molecular formula is C12H12O2. The fraction of sp³-hybridized carbons (Fsp3) is 0.167. The quantitative estimate of drug-likeness (QED) is 0.745. The zero-order valence-electron chi connectivity index (χ0n) is 8.24. The molecule has 2 nitrogen and oxygen atoms in total. The number of phenols is 1. The summed E-state index contributed by atoms with van der Waals surface area (Å²) in [7, 11) is 1.62. The largest absolute Gasteiger partial charge is 0.507 e. The first-order valence-corrected chi connectivity index (χ1v) is 4.48. The number of ether oxygens (including phenoxy) is 1. The number of rotatable bonds is 1. The van der Waals surface area contributed by atoms with Crippen LogP contribution in [0.15, 0.2) is 30.3 Å². The first-order valence-electron chi connectivity index (χ1n) is 4.48. The van der Waals surface area contributed by atoms with Crippen molar-refractivity contribution in [1.29, 1.82) is 0 Å². The van der Waals surface area contributed by atoms with Gasteiger partial charge in [0.1, 0.15) is 11.5 Å². The van der Waals surface area contributed by atoms with Crippen molar-refractivity contribution in [3.63, 3.8) is 0 Å². The van der Waals surface area contributed by atoms with Crippen molar-refractivity contribution < 1.29 is 9.84 Å². The molecule has 14 heavy (non-hydrogen) atoms. The molecule has 0 unspecified atom stereocenters. The average Bonchev–Trinajstić information content (AvgIpc) is 2.23. The van der Waals surface area contributed by atoms with Crippen LogP contribution in [0.3, 0.4) is 0 Å². The number of fused-ring (bicyclic) bond motifs is 1. The molecule has 2 aromatic carbocycles. The third-order valence-corrected chi connectivity index (χ3v) is 2.40. The van der Waals surface area contributed by atoms with Gasteiger partial charge in [-0.3, -0.25) is 0 Å².